The number of Topliss-reactive ketones (excluding diaryl/α,β-unsaturated/α-hetero) is 1. The van der Waals surface area contributed by atoms with Gasteiger partial charge in [-0.3, -0.25) is 9.59 Å². The second-order valence-corrected chi connectivity index (χ2v) is 23.8. The number of aliphatic hydroxyl groups excluding tert-OH is 1. The van der Waals surface area contributed by atoms with Crippen LogP contribution in [0.1, 0.15) is 81.6 Å². The van der Waals surface area contributed by atoms with Crippen molar-refractivity contribution in [2.24, 2.45) is 11.8 Å². The summed E-state index contributed by atoms with van der Waals surface area (Å²) in [5.41, 5.74) is 1.10. The van der Waals surface area contributed by atoms with Crippen LogP contribution in [0, 0.1) is 11.8 Å². The molecule has 0 aliphatic rings. The van der Waals surface area contributed by atoms with Crippen molar-refractivity contribution in [2.75, 3.05) is 14.2 Å². The van der Waals surface area contributed by atoms with E-state index in [-0.39, 0.29) is 53.8 Å². The molecule has 6 atom stereocenters. The molecule has 0 saturated carbocycles. The number of ketones is 1. The van der Waals surface area contributed by atoms with Gasteiger partial charge < -0.3 is 23.4 Å². The number of hydrogen-bond donors (Lipinski definition) is 1. The summed E-state index contributed by atoms with van der Waals surface area (Å²) in [4.78, 5) is 24.2. The normalized spacial score (nSPS) is 17.8. The van der Waals surface area contributed by atoms with E-state index in [9.17, 15) is 14.7 Å². The first-order valence-electron chi connectivity index (χ1n) is 16.1. The molecule has 44 heavy (non-hydrogen) atoms. The molecule has 0 aromatic rings. The lowest BCUT2D eigenvalue weighted by Gasteiger charge is -2.42. The van der Waals surface area contributed by atoms with Crippen molar-refractivity contribution in [3.8, 4) is 0 Å². The molecular formula is C34H63IO7Si2. The van der Waals surface area contributed by atoms with Gasteiger partial charge in [-0.1, -0.05) is 102 Å². The molecule has 0 heterocycles. The molecule has 0 spiro atoms. The van der Waals surface area contributed by atoms with Gasteiger partial charge in [0.2, 0.25) is 0 Å². The van der Waals surface area contributed by atoms with Crippen LogP contribution in [-0.2, 0) is 27.9 Å². The summed E-state index contributed by atoms with van der Waals surface area (Å²) in [5, 5.41) is 11.3. The van der Waals surface area contributed by atoms with Crippen molar-refractivity contribution in [3.05, 3.63) is 34.0 Å². The molecule has 0 amide bonds. The lowest BCUT2D eigenvalue weighted by atomic mass is 9.83. The molecule has 256 valence electrons. The van der Waals surface area contributed by atoms with E-state index in [1.165, 1.54) is 7.11 Å². The van der Waals surface area contributed by atoms with Gasteiger partial charge in [0.15, 0.2) is 16.6 Å². The van der Waals surface area contributed by atoms with Crippen molar-refractivity contribution in [1.29, 1.82) is 0 Å². The van der Waals surface area contributed by atoms with E-state index in [0.717, 1.165) is 30.1 Å². The Bertz CT molecular complexity index is 946. The zero-order chi connectivity index (χ0) is 34.3. The van der Waals surface area contributed by atoms with Gasteiger partial charge in [-0.2, -0.15) is 0 Å². The standard InChI is InChI=1S/C34H63IO7Si2/c1-14-44(15-2,16-3)42-33(26(5)29(37)23-28(36)24-32(38)40-11)27(6)31(39-10)22-25(4)30(20-18-17-19-21-35)41-43(12,13)34(7,8)9/h17-19,21-22,26-27,29-31,33,37H,14-16,20,23-24H2,1-13H3/b18-17+,21-19+,25-22+/t26-,27-,29+,30?,31-,33-/m0/s1. The van der Waals surface area contributed by atoms with E-state index >= 15 is 0 Å². The Labute approximate surface area is 285 Å². The molecule has 0 fully saturated rings. The first-order chi connectivity index (χ1) is 20.4. The van der Waals surface area contributed by atoms with E-state index in [1.807, 2.05) is 17.1 Å². The third kappa shape index (κ3) is 14.0. The third-order valence-electron chi connectivity index (χ3n) is 9.61. The van der Waals surface area contributed by atoms with Crippen LogP contribution in [0.5, 0.6) is 0 Å². The topological polar surface area (TPSA) is 91.3 Å². The predicted octanol–water partition coefficient (Wildman–Crippen LogP) is 8.78. The highest BCUT2D eigenvalue weighted by atomic mass is 127. The van der Waals surface area contributed by atoms with Gasteiger partial charge in [0.1, 0.15) is 12.2 Å². The molecule has 1 N–H and O–H groups in total. The second kappa shape index (κ2) is 20.6. The molecule has 0 aliphatic carbocycles. The number of carbonyl (C=O) groups excluding carboxylic acids is 2. The summed E-state index contributed by atoms with van der Waals surface area (Å²) in [5.74, 6) is -1.43. The van der Waals surface area contributed by atoms with Gasteiger partial charge in [-0.05, 0) is 59.3 Å². The fourth-order valence-electron chi connectivity index (χ4n) is 5.10. The fourth-order valence-corrected chi connectivity index (χ4v) is 9.69. The number of ether oxygens (including phenoxy) is 2. The average Bonchev–Trinajstić information content (AvgIpc) is 2.96. The highest BCUT2D eigenvalue weighted by Crippen LogP contribution is 2.39. The number of rotatable bonds is 21. The van der Waals surface area contributed by atoms with Crippen LogP contribution in [0.4, 0.5) is 0 Å². The Hall–Kier alpha value is -0.636. The average molecular weight is 767 g/mol. The quantitative estimate of drug-likeness (QED) is 0.0312. The van der Waals surface area contributed by atoms with E-state index in [2.05, 4.69) is 114 Å². The molecule has 0 radical (unpaired) electrons. The largest absolute Gasteiger partial charge is 0.469 e. The number of carbonyl (C=O) groups is 2. The Morgan fingerprint density at radius 1 is 0.955 bits per heavy atom. The van der Waals surface area contributed by atoms with Crippen LogP contribution in [-0.4, -0.2) is 72.1 Å². The Morgan fingerprint density at radius 3 is 1.98 bits per heavy atom. The number of halogens is 1. The van der Waals surface area contributed by atoms with Crippen molar-refractivity contribution >= 4 is 51.0 Å². The Kier molecular flexibility index (Phi) is 20.3. The summed E-state index contributed by atoms with van der Waals surface area (Å²) in [6.45, 7) is 24.0. The molecule has 0 saturated heterocycles. The van der Waals surface area contributed by atoms with Crippen LogP contribution in [0.25, 0.3) is 0 Å². The molecule has 10 heteroatoms. The van der Waals surface area contributed by atoms with Crippen LogP contribution in [0.2, 0.25) is 36.3 Å². The van der Waals surface area contributed by atoms with Crippen molar-refractivity contribution in [1.82, 2.24) is 0 Å². The minimum atomic E-state index is -2.10. The van der Waals surface area contributed by atoms with E-state index < -0.39 is 28.7 Å². The highest BCUT2D eigenvalue weighted by molar-refractivity contribution is 14.1. The molecule has 7 nitrogen and oxygen atoms in total. The molecular weight excluding hydrogens is 703 g/mol. The van der Waals surface area contributed by atoms with Gasteiger partial charge in [-0.15, -0.1) is 0 Å². The maximum Gasteiger partial charge on any atom is 0.313 e. The van der Waals surface area contributed by atoms with Gasteiger partial charge >= 0.3 is 5.97 Å². The Balaban J connectivity index is 6.56. The molecule has 0 aromatic carbocycles. The van der Waals surface area contributed by atoms with Gasteiger partial charge in [0.25, 0.3) is 0 Å². The lowest BCUT2D eigenvalue weighted by Crippen LogP contribution is -2.49. The molecule has 1 unspecified atom stereocenters. The van der Waals surface area contributed by atoms with Crippen LogP contribution < -0.4 is 0 Å². The summed E-state index contributed by atoms with van der Waals surface area (Å²) in [6.07, 6.45) is 6.91. The Morgan fingerprint density at radius 2 is 1.52 bits per heavy atom. The van der Waals surface area contributed by atoms with Gasteiger partial charge in [0.05, 0.1) is 31.5 Å². The van der Waals surface area contributed by atoms with Crippen molar-refractivity contribution in [3.63, 3.8) is 0 Å². The van der Waals surface area contributed by atoms with Gasteiger partial charge in [0, 0.05) is 25.4 Å². The summed E-state index contributed by atoms with van der Waals surface area (Å²) in [6, 6.07) is 2.88. The smallest absolute Gasteiger partial charge is 0.313 e. The number of aliphatic hydroxyl groups is 1. The molecule has 0 rings (SSSR count). The molecule has 0 bridgehead atoms. The number of allylic oxidation sites excluding steroid dienone is 2. The zero-order valence-electron chi connectivity index (χ0n) is 29.9. The fraction of sp³-hybridized carbons (Fsp3) is 0.765. The molecule has 0 aromatic heterocycles. The third-order valence-corrected chi connectivity index (χ3v) is 19.1. The van der Waals surface area contributed by atoms with E-state index in [0.29, 0.717) is 0 Å². The highest BCUT2D eigenvalue weighted by Gasteiger charge is 2.42. The number of hydrogen-bond acceptors (Lipinski definition) is 7. The maximum absolute atomic E-state index is 12.5. The van der Waals surface area contributed by atoms with E-state index in [1.54, 1.807) is 7.11 Å². The van der Waals surface area contributed by atoms with Gasteiger partial charge in [-0.25, -0.2) is 0 Å². The molecule has 0 aliphatic heterocycles. The second-order valence-electron chi connectivity index (χ2n) is 13.6. The zero-order valence-corrected chi connectivity index (χ0v) is 34.0. The number of esters is 1. The summed E-state index contributed by atoms with van der Waals surface area (Å²) in [7, 11) is -1.21. The lowest BCUT2D eigenvalue weighted by molar-refractivity contribution is -0.144. The number of methoxy groups -OCH3 is 2. The van der Waals surface area contributed by atoms with Crippen molar-refractivity contribution in [2.45, 2.75) is 142 Å². The van der Waals surface area contributed by atoms with Crippen LogP contribution in [0.3, 0.4) is 0 Å². The predicted molar refractivity (Wildman–Crippen MR) is 196 cm³/mol. The van der Waals surface area contributed by atoms with E-state index in [4.69, 9.17) is 13.6 Å². The summed E-state index contributed by atoms with van der Waals surface area (Å²) < 4.78 is 26.8. The minimum absolute atomic E-state index is 0.0650. The van der Waals surface area contributed by atoms with Crippen LogP contribution >= 0.6 is 22.6 Å². The first kappa shape index (κ1) is 43.4. The first-order valence-corrected chi connectivity index (χ1v) is 22.8. The minimum Gasteiger partial charge on any atom is -0.469 e. The van der Waals surface area contributed by atoms with Crippen molar-refractivity contribution < 1.29 is 33.0 Å². The monoisotopic (exact) mass is 766 g/mol. The SMILES string of the molecule is CC[Si](CC)(CC)O[C@@H]([C@@H](C)[C@H](O)CC(=O)CC(=O)OC)[C@@H](C)[C@H](/C=C(\C)C(C/C=C/C=C/I)O[Si](C)(C)C(C)(C)C)OC. The van der Waals surface area contributed by atoms with Crippen LogP contribution in [0.15, 0.2) is 34.0 Å². The summed E-state index contributed by atoms with van der Waals surface area (Å²) >= 11 is 2.21. The maximum atomic E-state index is 12.5.